The van der Waals surface area contributed by atoms with Gasteiger partial charge in [-0.25, -0.2) is 8.42 Å². The number of nitrogens with one attached hydrogen (secondary N) is 2. The molecule has 0 saturated heterocycles. The molecule has 0 unspecified atom stereocenters. The molecule has 2 aromatic carbocycles. The van der Waals surface area contributed by atoms with Crippen molar-refractivity contribution in [2.75, 3.05) is 4.72 Å². The van der Waals surface area contributed by atoms with Crippen LogP contribution in [0.1, 0.15) is 16.7 Å². The van der Waals surface area contributed by atoms with Gasteiger partial charge in [-0.15, -0.1) is 0 Å². The summed E-state index contributed by atoms with van der Waals surface area (Å²) in [5.41, 5.74) is 3.54. The second-order valence-electron chi connectivity index (χ2n) is 5.10. The van der Waals surface area contributed by atoms with E-state index >= 15 is 0 Å². The van der Waals surface area contributed by atoms with E-state index in [1.807, 2.05) is 13.0 Å². The summed E-state index contributed by atoms with van der Waals surface area (Å²) in [6.07, 6.45) is 0. The lowest BCUT2D eigenvalue weighted by atomic mass is 10.1. The summed E-state index contributed by atoms with van der Waals surface area (Å²) in [6.45, 7) is 3.36. The topological polar surface area (TPSA) is 58.2 Å². The van der Waals surface area contributed by atoms with E-state index in [4.69, 9.17) is 11.6 Å². The summed E-state index contributed by atoms with van der Waals surface area (Å²) in [5.74, 6) is 0. The van der Waals surface area contributed by atoms with Crippen molar-refractivity contribution in [3.8, 4) is 0 Å². The van der Waals surface area contributed by atoms with Gasteiger partial charge < -0.3 is 5.32 Å². The Morgan fingerprint density at radius 3 is 2.62 bits per heavy atom. The Balaban J connectivity index is 1.91. The molecule has 21 heavy (non-hydrogen) atoms. The molecule has 0 atom stereocenters. The molecule has 2 aromatic rings. The SMILES string of the molecule is Cc1ccc(NS(=O)(=O)c2ccc3c(c2)CNC3)cc1Cl. The van der Waals surface area contributed by atoms with E-state index in [0.29, 0.717) is 17.3 Å². The maximum Gasteiger partial charge on any atom is 0.261 e. The molecule has 0 bridgehead atoms. The zero-order chi connectivity index (χ0) is 15.0. The fourth-order valence-corrected chi connectivity index (χ4v) is 3.59. The van der Waals surface area contributed by atoms with Crippen molar-refractivity contribution >= 4 is 27.3 Å². The number of aryl methyl sites for hydroxylation is 1. The molecular weight excluding hydrogens is 308 g/mol. The van der Waals surface area contributed by atoms with Crippen LogP contribution >= 0.6 is 11.6 Å². The Bertz CT molecular complexity index is 803. The first-order chi connectivity index (χ1) is 9.95. The van der Waals surface area contributed by atoms with Crippen LogP contribution in [-0.4, -0.2) is 8.42 Å². The number of hydrogen-bond donors (Lipinski definition) is 2. The summed E-state index contributed by atoms with van der Waals surface area (Å²) in [4.78, 5) is 0.265. The molecule has 6 heteroatoms. The lowest BCUT2D eigenvalue weighted by Crippen LogP contribution is -2.13. The number of benzene rings is 2. The highest BCUT2D eigenvalue weighted by atomic mass is 35.5. The molecule has 0 fully saturated rings. The minimum Gasteiger partial charge on any atom is -0.309 e. The number of hydrogen-bond acceptors (Lipinski definition) is 3. The normalized spacial score (nSPS) is 14.0. The maximum absolute atomic E-state index is 12.4. The maximum atomic E-state index is 12.4. The van der Waals surface area contributed by atoms with Crippen LogP contribution in [-0.2, 0) is 23.1 Å². The summed E-state index contributed by atoms with van der Waals surface area (Å²) in [5, 5.41) is 3.73. The minimum atomic E-state index is -3.60. The van der Waals surface area contributed by atoms with Crippen LogP contribution in [0.2, 0.25) is 5.02 Å². The molecular formula is C15H15ClN2O2S. The zero-order valence-corrected chi connectivity index (χ0v) is 13.1. The van der Waals surface area contributed by atoms with Gasteiger partial charge in [0.05, 0.1) is 10.6 Å². The molecule has 2 N–H and O–H groups in total. The molecule has 4 nitrogen and oxygen atoms in total. The van der Waals surface area contributed by atoms with Crippen LogP contribution in [0.5, 0.6) is 0 Å². The van der Waals surface area contributed by atoms with Gasteiger partial charge in [-0.05, 0) is 47.9 Å². The van der Waals surface area contributed by atoms with Crippen LogP contribution in [0.3, 0.4) is 0 Å². The molecule has 1 aliphatic rings. The molecule has 0 aromatic heterocycles. The van der Waals surface area contributed by atoms with Gasteiger partial charge in [-0.1, -0.05) is 23.7 Å². The van der Waals surface area contributed by atoms with Gasteiger partial charge in [0.15, 0.2) is 0 Å². The van der Waals surface area contributed by atoms with E-state index < -0.39 is 10.0 Å². The van der Waals surface area contributed by atoms with Crippen LogP contribution in [0.15, 0.2) is 41.3 Å². The Hall–Kier alpha value is -1.56. The van der Waals surface area contributed by atoms with Gasteiger partial charge in [0.1, 0.15) is 0 Å². The Morgan fingerprint density at radius 2 is 1.86 bits per heavy atom. The highest BCUT2D eigenvalue weighted by Gasteiger charge is 2.18. The number of rotatable bonds is 3. The van der Waals surface area contributed by atoms with E-state index in [1.54, 1.807) is 30.3 Å². The molecule has 0 spiro atoms. The van der Waals surface area contributed by atoms with Gasteiger partial charge in [0.2, 0.25) is 0 Å². The highest BCUT2D eigenvalue weighted by Crippen LogP contribution is 2.24. The van der Waals surface area contributed by atoms with Crippen LogP contribution in [0, 0.1) is 6.92 Å². The third-order valence-corrected chi connectivity index (χ3v) is 5.33. The molecule has 1 aliphatic heterocycles. The average Bonchev–Trinajstić information content (AvgIpc) is 2.90. The van der Waals surface area contributed by atoms with Gasteiger partial charge >= 0.3 is 0 Å². The summed E-state index contributed by atoms with van der Waals surface area (Å²) in [7, 11) is -3.60. The molecule has 110 valence electrons. The van der Waals surface area contributed by atoms with Gasteiger partial charge in [-0.2, -0.15) is 0 Å². The van der Waals surface area contributed by atoms with Crippen LogP contribution in [0.4, 0.5) is 5.69 Å². The van der Waals surface area contributed by atoms with Crippen LogP contribution in [0.25, 0.3) is 0 Å². The third-order valence-electron chi connectivity index (χ3n) is 3.54. The van der Waals surface area contributed by atoms with Crippen molar-refractivity contribution in [1.82, 2.24) is 5.32 Å². The standard InChI is InChI=1S/C15H15ClN2O2S/c1-10-2-4-13(7-15(10)16)18-21(19,20)14-5-3-11-8-17-9-12(11)6-14/h2-7,17-18H,8-9H2,1H3. The second kappa shape index (κ2) is 5.33. The molecule has 0 radical (unpaired) electrons. The quantitative estimate of drug-likeness (QED) is 0.913. The fraction of sp³-hybridized carbons (Fsp3) is 0.200. The fourth-order valence-electron chi connectivity index (χ4n) is 2.31. The zero-order valence-electron chi connectivity index (χ0n) is 11.5. The number of fused-ring (bicyclic) bond motifs is 1. The van der Waals surface area contributed by atoms with Crippen molar-refractivity contribution in [2.24, 2.45) is 0 Å². The first-order valence-corrected chi connectivity index (χ1v) is 8.43. The van der Waals surface area contributed by atoms with Crippen LogP contribution < -0.4 is 10.0 Å². The largest absolute Gasteiger partial charge is 0.309 e. The lowest BCUT2D eigenvalue weighted by Gasteiger charge is -2.10. The number of halogens is 1. The first-order valence-electron chi connectivity index (χ1n) is 6.57. The van der Waals surface area contributed by atoms with E-state index in [2.05, 4.69) is 10.0 Å². The van der Waals surface area contributed by atoms with Crippen molar-refractivity contribution in [2.45, 2.75) is 24.9 Å². The molecule has 1 heterocycles. The van der Waals surface area contributed by atoms with E-state index in [9.17, 15) is 8.42 Å². The molecule has 3 rings (SSSR count). The minimum absolute atomic E-state index is 0.265. The van der Waals surface area contributed by atoms with Crippen molar-refractivity contribution in [1.29, 1.82) is 0 Å². The Morgan fingerprint density at radius 1 is 1.10 bits per heavy atom. The summed E-state index contributed by atoms with van der Waals surface area (Å²) in [6, 6.07) is 10.3. The number of sulfonamides is 1. The summed E-state index contributed by atoms with van der Waals surface area (Å²) >= 11 is 6.02. The molecule has 0 amide bonds. The Labute approximate surface area is 129 Å². The van der Waals surface area contributed by atoms with Crippen molar-refractivity contribution in [3.63, 3.8) is 0 Å². The Kier molecular flexibility index (Phi) is 3.65. The highest BCUT2D eigenvalue weighted by molar-refractivity contribution is 7.92. The second-order valence-corrected chi connectivity index (χ2v) is 7.19. The first kappa shape index (κ1) is 14.4. The van der Waals surface area contributed by atoms with Gasteiger partial charge in [0.25, 0.3) is 10.0 Å². The lowest BCUT2D eigenvalue weighted by molar-refractivity contribution is 0.601. The van der Waals surface area contributed by atoms with E-state index in [-0.39, 0.29) is 4.90 Å². The predicted molar refractivity (Wildman–Crippen MR) is 84.0 cm³/mol. The smallest absolute Gasteiger partial charge is 0.261 e. The number of anilines is 1. The predicted octanol–water partition coefficient (Wildman–Crippen LogP) is 3.05. The van der Waals surface area contributed by atoms with Crippen molar-refractivity contribution < 1.29 is 8.42 Å². The van der Waals surface area contributed by atoms with Gasteiger partial charge in [0, 0.05) is 18.1 Å². The third kappa shape index (κ3) is 2.90. The summed E-state index contributed by atoms with van der Waals surface area (Å²) < 4.78 is 27.4. The molecule has 0 saturated carbocycles. The molecule has 0 aliphatic carbocycles. The monoisotopic (exact) mass is 322 g/mol. The average molecular weight is 323 g/mol. The van der Waals surface area contributed by atoms with Gasteiger partial charge in [-0.3, -0.25) is 4.72 Å². The van der Waals surface area contributed by atoms with Crippen molar-refractivity contribution in [3.05, 3.63) is 58.1 Å². The van der Waals surface area contributed by atoms with E-state index in [0.717, 1.165) is 23.2 Å². The van der Waals surface area contributed by atoms with E-state index in [1.165, 1.54) is 0 Å².